The van der Waals surface area contributed by atoms with E-state index in [2.05, 4.69) is 90.9 Å². The number of benzene rings is 1. The molecular formula is C26H35N11. The Labute approximate surface area is 217 Å². The van der Waals surface area contributed by atoms with E-state index in [0.717, 1.165) is 67.5 Å². The maximum atomic E-state index is 4.44. The van der Waals surface area contributed by atoms with Gasteiger partial charge in [-0.2, -0.15) is 20.5 Å². The van der Waals surface area contributed by atoms with E-state index in [9.17, 15) is 0 Å². The number of aromatic amines is 1. The summed E-state index contributed by atoms with van der Waals surface area (Å²) in [5.41, 5.74) is 6.22. The van der Waals surface area contributed by atoms with Gasteiger partial charge in [0.2, 0.25) is 5.82 Å². The second-order valence-corrected chi connectivity index (χ2v) is 10.1. The van der Waals surface area contributed by atoms with Gasteiger partial charge in [-0.05, 0) is 61.2 Å². The van der Waals surface area contributed by atoms with Crippen molar-refractivity contribution < 1.29 is 0 Å². The third-order valence-corrected chi connectivity index (χ3v) is 6.72. The molecule has 2 N–H and O–H groups in total. The van der Waals surface area contributed by atoms with Crippen molar-refractivity contribution in [1.29, 1.82) is 0 Å². The van der Waals surface area contributed by atoms with Crippen LogP contribution in [-0.2, 0) is 19.5 Å². The van der Waals surface area contributed by atoms with Crippen LogP contribution in [0.4, 0.5) is 17.1 Å². The molecule has 1 fully saturated rings. The fourth-order valence-corrected chi connectivity index (χ4v) is 4.96. The number of piperazine rings is 1. The highest BCUT2D eigenvalue weighted by atomic mass is 15.5. The Balaban J connectivity index is 1.50. The van der Waals surface area contributed by atoms with E-state index in [-0.39, 0.29) is 0 Å². The van der Waals surface area contributed by atoms with Gasteiger partial charge in [0.15, 0.2) is 0 Å². The molecule has 11 heteroatoms. The van der Waals surface area contributed by atoms with Crippen LogP contribution in [0.2, 0.25) is 0 Å². The van der Waals surface area contributed by atoms with Crippen molar-refractivity contribution in [3.05, 3.63) is 54.1 Å². The minimum absolute atomic E-state index is 0.335. The van der Waals surface area contributed by atoms with Gasteiger partial charge in [0, 0.05) is 51.2 Å². The number of H-pyrrole nitrogens is 1. The van der Waals surface area contributed by atoms with Gasteiger partial charge in [0.05, 0.1) is 34.5 Å². The van der Waals surface area contributed by atoms with E-state index >= 15 is 0 Å². The fourth-order valence-electron chi connectivity index (χ4n) is 4.96. The van der Waals surface area contributed by atoms with Gasteiger partial charge in [-0.3, -0.25) is 9.58 Å². The zero-order valence-electron chi connectivity index (χ0n) is 22.0. The number of hydrogen-bond acceptors (Lipinski definition) is 9. The number of aromatic nitrogens is 8. The van der Waals surface area contributed by atoms with Crippen LogP contribution in [-0.4, -0.2) is 71.2 Å². The lowest BCUT2D eigenvalue weighted by molar-refractivity contribution is 0.178. The lowest BCUT2D eigenvalue weighted by Gasteiger charge is -2.41. The van der Waals surface area contributed by atoms with E-state index < -0.39 is 0 Å². The second-order valence-electron chi connectivity index (χ2n) is 10.1. The van der Waals surface area contributed by atoms with Crippen LogP contribution in [0.1, 0.15) is 39.0 Å². The van der Waals surface area contributed by atoms with Crippen LogP contribution in [0, 0.1) is 5.92 Å². The highest BCUT2D eigenvalue weighted by Crippen LogP contribution is 2.39. The molecule has 0 radical (unpaired) electrons. The molecule has 37 heavy (non-hydrogen) atoms. The van der Waals surface area contributed by atoms with E-state index in [4.69, 9.17) is 0 Å². The molecule has 0 amide bonds. The molecule has 4 aromatic rings. The molecule has 1 aliphatic rings. The minimum Gasteiger partial charge on any atom is -0.368 e. The van der Waals surface area contributed by atoms with Crippen LogP contribution >= 0.6 is 0 Å². The lowest BCUT2D eigenvalue weighted by atomic mass is 9.97. The zero-order chi connectivity index (χ0) is 25.8. The monoisotopic (exact) mass is 501 g/mol. The summed E-state index contributed by atoms with van der Waals surface area (Å²) < 4.78 is 1.91. The molecule has 194 valence electrons. The van der Waals surface area contributed by atoms with Gasteiger partial charge in [0.25, 0.3) is 0 Å². The molecule has 1 aliphatic heterocycles. The molecule has 3 aromatic heterocycles. The predicted octanol–water partition coefficient (Wildman–Crippen LogP) is 3.53. The summed E-state index contributed by atoms with van der Waals surface area (Å²) in [6.07, 6.45) is 6.56. The Morgan fingerprint density at radius 2 is 2.08 bits per heavy atom. The average Bonchev–Trinajstić information content (AvgIpc) is 3.58. The Morgan fingerprint density at radius 1 is 1.19 bits per heavy atom. The van der Waals surface area contributed by atoms with Gasteiger partial charge < -0.3 is 10.2 Å². The molecule has 11 nitrogen and oxygen atoms in total. The van der Waals surface area contributed by atoms with Gasteiger partial charge in [0.1, 0.15) is 0 Å². The largest absolute Gasteiger partial charge is 0.368 e. The molecule has 5 rings (SSSR count). The Kier molecular flexibility index (Phi) is 7.40. The molecule has 1 atom stereocenters. The molecule has 0 saturated carbocycles. The molecule has 0 aliphatic carbocycles. The van der Waals surface area contributed by atoms with Gasteiger partial charge >= 0.3 is 0 Å². The Morgan fingerprint density at radius 3 is 2.76 bits per heavy atom. The van der Waals surface area contributed by atoms with Crippen molar-refractivity contribution in [2.75, 3.05) is 29.9 Å². The number of nitrogens with one attached hydrogen (secondary N) is 2. The van der Waals surface area contributed by atoms with Crippen LogP contribution in [0.15, 0.2) is 42.9 Å². The van der Waals surface area contributed by atoms with Crippen molar-refractivity contribution in [2.45, 2.75) is 53.2 Å². The molecule has 0 spiro atoms. The summed E-state index contributed by atoms with van der Waals surface area (Å²) in [5.74, 6) is 1.11. The van der Waals surface area contributed by atoms with Crippen LogP contribution in [0.5, 0.6) is 0 Å². The normalized spacial score (nSPS) is 16.5. The van der Waals surface area contributed by atoms with Crippen molar-refractivity contribution in [3.63, 3.8) is 0 Å². The SMILES string of the molecule is CCn1cc(Nc2cc(CC(C)C)cc(N3CCN(Cc4cccnn4)[C@@H](C)C3)c2-c2nn[nH]n2)cn1. The first-order valence-electron chi connectivity index (χ1n) is 13.0. The minimum atomic E-state index is 0.335. The summed E-state index contributed by atoms with van der Waals surface area (Å²) >= 11 is 0. The lowest BCUT2D eigenvalue weighted by Crippen LogP contribution is -2.51. The number of rotatable bonds is 9. The molecule has 0 bridgehead atoms. The van der Waals surface area contributed by atoms with Crippen molar-refractivity contribution in [2.24, 2.45) is 5.92 Å². The highest BCUT2D eigenvalue weighted by molar-refractivity contribution is 5.89. The third kappa shape index (κ3) is 5.77. The van der Waals surface area contributed by atoms with E-state index in [0.29, 0.717) is 17.8 Å². The zero-order valence-corrected chi connectivity index (χ0v) is 22.0. The third-order valence-electron chi connectivity index (χ3n) is 6.72. The summed E-state index contributed by atoms with van der Waals surface area (Å²) in [6.45, 7) is 13.1. The Hall–Kier alpha value is -3.86. The number of aryl methyl sites for hydroxylation is 1. The van der Waals surface area contributed by atoms with E-state index in [1.165, 1.54) is 5.56 Å². The van der Waals surface area contributed by atoms with E-state index in [1.807, 2.05) is 29.2 Å². The predicted molar refractivity (Wildman–Crippen MR) is 143 cm³/mol. The standard InChI is InChI=1S/C26H35N11/c1-5-37-17-22(14-28-37)29-23-12-20(11-18(2)3)13-24(25(23)26-31-33-34-32-26)36-10-9-35(19(4)15-36)16-21-7-6-8-27-30-21/h6-8,12-14,17-19,29H,5,9-11,15-16H2,1-4H3,(H,31,32,33,34)/t19-/m0/s1. The number of tetrazole rings is 1. The first-order valence-corrected chi connectivity index (χ1v) is 13.0. The highest BCUT2D eigenvalue weighted by Gasteiger charge is 2.28. The molecule has 1 saturated heterocycles. The molecule has 0 unspecified atom stereocenters. The van der Waals surface area contributed by atoms with Crippen LogP contribution < -0.4 is 10.2 Å². The maximum absolute atomic E-state index is 4.44. The summed E-state index contributed by atoms with van der Waals surface area (Å²) in [7, 11) is 0. The number of anilines is 3. The molecule has 1 aromatic carbocycles. The van der Waals surface area contributed by atoms with Gasteiger partial charge in [-0.25, -0.2) is 0 Å². The molecular weight excluding hydrogens is 466 g/mol. The topological polar surface area (TPSA) is 117 Å². The maximum Gasteiger partial charge on any atom is 0.208 e. The van der Waals surface area contributed by atoms with Crippen molar-refractivity contribution >= 4 is 17.1 Å². The van der Waals surface area contributed by atoms with Gasteiger partial charge in [-0.1, -0.05) is 13.8 Å². The number of hydrogen-bond donors (Lipinski definition) is 2. The smallest absolute Gasteiger partial charge is 0.208 e. The summed E-state index contributed by atoms with van der Waals surface area (Å²) in [4.78, 5) is 4.92. The first kappa shape index (κ1) is 24.8. The van der Waals surface area contributed by atoms with Crippen LogP contribution in [0.25, 0.3) is 11.4 Å². The quantitative estimate of drug-likeness (QED) is 0.355. The molecule has 4 heterocycles. The van der Waals surface area contributed by atoms with Crippen molar-refractivity contribution in [3.8, 4) is 11.4 Å². The average molecular weight is 502 g/mol. The summed E-state index contributed by atoms with van der Waals surface area (Å²) in [5, 5.41) is 31.6. The Bertz CT molecular complexity index is 1280. The van der Waals surface area contributed by atoms with E-state index in [1.54, 1.807) is 6.20 Å². The van der Waals surface area contributed by atoms with Crippen molar-refractivity contribution in [1.82, 2.24) is 45.5 Å². The first-order chi connectivity index (χ1) is 18.0. The van der Waals surface area contributed by atoms with Gasteiger partial charge in [-0.15, -0.1) is 10.2 Å². The fraction of sp³-hybridized carbons (Fsp3) is 0.462. The summed E-state index contributed by atoms with van der Waals surface area (Å²) in [6, 6.07) is 8.83. The van der Waals surface area contributed by atoms with Crippen LogP contribution in [0.3, 0.4) is 0 Å². The second kappa shape index (κ2) is 11.0. The number of nitrogens with zero attached hydrogens (tertiary/aromatic N) is 9.